The molecule has 5 nitrogen and oxygen atoms in total. The van der Waals surface area contributed by atoms with E-state index in [2.05, 4.69) is 46.7 Å². The first-order chi connectivity index (χ1) is 13.7. The van der Waals surface area contributed by atoms with E-state index in [1.165, 1.54) is 42.0 Å². The van der Waals surface area contributed by atoms with Crippen molar-refractivity contribution >= 4 is 23.4 Å². The lowest BCUT2D eigenvalue weighted by atomic mass is 9.67. The van der Waals surface area contributed by atoms with E-state index in [1.807, 2.05) is 11.8 Å². The van der Waals surface area contributed by atoms with Gasteiger partial charge in [-0.1, -0.05) is 18.6 Å². The third-order valence-corrected chi connectivity index (χ3v) is 6.90. The number of nitrogens with one attached hydrogen (secondary N) is 2. The Kier molecular flexibility index (Phi) is 8.34. The summed E-state index contributed by atoms with van der Waals surface area (Å²) in [6.45, 7) is 7.83. The molecule has 1 aromatic carbocycles. The number of hydrogen-bond donors (Lipinski definition) is 2. The fourth-order valence-electron chi connectivity index (χ4n) is 3.93. The fraction of sp³-hybridized carbons (Fsp3) is 0.682. The summed E-state index contributed by atoms with van der Waals surface area (Å²) in [7, 11) is 1.79. The number of nitrogens with zero attached hydrogens (tertiary/aromatic N) is 2. The molecule has 0 spiro atoms. The van der Waals surface area contributed by atoms with Crippen molar-refractivity contribution in [3.05, 3.63) is 29.8 Å². The van der Waals surface area contributed by atoms with Crippen molar-refractivity contribution < 1.29 is 4.74 Å². The molecular weight excluding hydrogens is 368 g/mol. The summed E-state index contributed by atoms with van der Waals surface area (Å²) in [4.78, 5) is 7.29. The third-order valence-electron chi connectivity index (χ3n) is 5.96. The van der Waals surface area contributed by atoms with Gasteiger partial charge in [0.1, 0.15) is 0 Å². The molecule has 1 heterocycles. The Balaban J connectivity index is 1.53. The molecule has 0 radical (unpaired) electrons. The molecule has 28 heavy (non-hydrogen) atoms. The van der Waals surface area contributed by atoms with Gasteiger partial charge in [-0.25, -0.2) is 4.99 Å². The number of aliphatic imine (C=N–C) groups is 1. The monoisotopic (exact) mass is 404 g/mol. The smallest absolute Gasteiger partial charge is 0.191 e. The Morgan fingerprint density at radius 1 is 1.18 bits per heavy atom. The van der Waals surface area contributed by atoms with E-state index in [0.717, 1.165) is 45.2 Å². The summed E-state index contributed by atoms with van der Waals surface area (Å²) < 4.78 is 5.31. The van der Waals surface area contributed by atoms with Crippen molar-refractivity contribution in [1.29, 1.82) is 0 Å². The van der Waals surface area contributed by atoms with Crippen molar-refractivity contribution in [1.82, 2.24) is 10.6 Å². The number of anilines is 1. The van der Waals surface area contributed by atoms with E-state index in [-0.39, 0.29) is 0 Å². The van der Waals surface area contributed by atoms with Crippen LogP contribution in [0.4, 0.5) is 5.69 Å². The molecule has 0 unspecified atom stereocenters. The zero-order valence-corrected chi connectivity index (χ0v) is 18.3. The molecule has 0 bridgehead atoms. The average molecular weight is 405 g/mol. The van der Waals surface area contributed by atoms with E-state index in [0.29, 0.717) is 12.0 Å². The lowest BCUT2D eigenvalue weighted by molar-refractivity contribution is 0.0732. The lowest BCUT2D eigenvalue weighted by Gasteiger charge is -2.42. The summed E-state index contributed by atoms with van der Waals surface area (Å²) in [6, 6.07) is 8.93. The standard InChI is InChI=1S/C22H36N4OS/c1-3-23-21(25-18-22(9-4-10-22)11-14-27-2)24-17-19-5-7-20(8-6-19)26-12-15-28-16-13-26/h5-8H,3-4,9-18H2,1-2H3,(H2,23,24,25). The number of guanidine groups is 1. The molecule has 156 valence electrons. The molecule has 0 atom stereocenters. The molecule has 2 fully saturated rings. The minimum atomic E-state index is 0.389. The van der Waals surface area contributed by atoms with Crippen molar-refractivity contribution in [3.63, 3.8) is 0 Å². The molecule has 1 saturated heterocycles. The van der Waals surface area contributed by atoms with E-state index in [9.17, 15) is 0 Å². The number of thioether (sulfide) groups is 1. The zero-order chi connectivity index (χ0) is 19.7. The molecule has 2 aliphatic rings. The first kappa shape index (κ1) is 21.3. The molecule has 1 aromatic rings. The van der Waals surface area contributed by atoms with Gasteiger partial charge in [0.2, 0.25) is 0 Å². The van der Waals surface area contributed by atoms with Gasteiger partial charge < -0.3 is 20.3 Å². The molecule has 0 aromatic heterocycles. The number of benzene rings is 1. The quantitative estimate of drug-likeness (QED) is 0.487. The highest BCUT2D eigenvalue weighted by Crippen LogP contribution is 2.43. The van der Waals surface area contributed by atoms with Crippen molar-refractivity contribution in [2.24, 2.45) is 10.4 Å². The zero-order valence-electron chi connectivity index (χ0n) is 17.5. The average Bonchev–Trinajstić information content (AvgIpc) is 2.72. The van der Waals surface area contributed by atoms with Crippen LogP contribution in [0.2, 0.25) is 0 Å². The lowest BCUT2D eigenvalue weighted by Crippen LogP contribution is -2.46. The second-order valence-electron chi connectivity index (χ2n) is 7.91. The van der Waals surface area contributed by atoms with Gasteiger partial charge in [-0.15, -0.1) is 0 Å². The number of methoxy groups -OCH3 is 1. The molecule has 1 aliphatic heterocycles. The van der Waals surface area contributed by atoms with Gasteiger partial charge in [-0.05, 0) is 49.3 Å². The molecule has 2 N–H and O–H groups in total. The van der Waals surface area contributed by atoms with E-state index in [4.69, 9.17) is 9.73 Å². The van der Waals surface area contributed by atoms with Gasteiger partial charge in [0.05, 0.1) is 6.54 Å². The summed E-state index contributed by atoms with van der Waals surface area (Å²) in [5.74, 6) is 3.38. The maximum atomic E-state index is 5.31. The van der Waals surface area contributed by atoms with Gasteiger partial charge in [0, 0.05) is 57.1 Å². The minimum Gasteiger partial charge on any atom is -0.385 e. The molecule has 6 heteroatoms. The second-order valence-corrected chi connectivity index (χ2v) is 9.14. The normalized spacial score (nSPS) is 19.2. The van der Waals surface area contributed by atoms with Crippen molar-refractivity contribution in [2.75, 3.05) is 56.3 Å². The van der Waals surface area contributed by atoms with Crippen LogP contribution in [0, 0.1) is 5.41 Å². The van der Waals surface area contributed by atoms with Crippen LogP contribution >= 0.6 is 11.8 Å². The summed E-state index contributed by atoms with van der Waals surface area (Å²) in [5.41, 5.74) is 2.98. The van der Waals surface area contributed by atoms with Crippen LogP contribution in [0.3, 0.4) is 0 Å². The summed E-state index contributed by atoms with van der Waals surface area (Å²) >= 11 is 2.05. The van der Waals surface area contributed by atoms with Crippen LogP contribution in [0.15, 0.2) is 29.3 Å². The number of ether oxygens (including phenoxy) is 1. The van der Waals surface area contributed by atoms with Crippen LogP contribution in [0.1, 0.15) is 38.2 Å². The van der Waals surface area contributed by atoms with Crippen LogP contribution in [-0.4, -0.2) is 57.4 Å². The van der Waals surface area contributed by atoms with Gasteiger partial charge in [0.15, 0.2) is 5.96 Å². The highest BCUT2D eigenvalue weighted by molar-refractivity contribution is 7.99. The fourth-order valence-corrected chi connectivity index (χ4v) is 4.83. The molecule has 3 rings (SSSR count). The van der Waals surface area contributed by atoms with Crippen LogP contribution in [-0.2, 0) is 11.3 Å². The van der Waals surface area contributed by atoms with E-state index < -0.39 is 0 Å². The first-order valence-electron chi connectivity index (χ1n) is 10.7. The highest BCUT2D eigenvalue weighted by Gasteiger charge is 2.36. The summed E-state index contributed by atoms with van der Waals surface area (Å²) in [6.07, 6.45) is 5.05. The Hall–Kier alpha value is -1.40. The molecule has 0 amide bonds. The highest BCUT2D eigenvalue weighted by atomic mass is 32.2. The molecule has 1 aliphatic carbocycles. The molecule has 1 saturated carbocycles. The molecular formula is C22H36N4OS. The van der Waals surface area contributed by atoms with E-state index in [1.54, 1.807) is 7.11 Å². The second kappa shape index (κ2) is 11.0. The SMILES string of the molecule is CCNC(=NCc1ccc(N2CCSCC2)cc1)NCC1(CCOC)CCC1. The third kappa shape index (κ3) is 6.05. The maximum absolute atomic E-state index is 5.31. The van der Waals surface area contributed by atoms with Gasteiger partial charge in [0.25, 0.3) is 0 Å². The largest absolute Gasteiger partial charge is 0.385 e. The minimum absolute atomic E-state index is 0.389. The predicted molar refractivity (Wildman–Crippen MR) is 122 cm³/mol. The first-order valence-corrected chi connectivity index (χ1v) is 11.8. The topological polar surface area (TPSA) is 48.9 Å². The predicted octanol–water partition coefficient (Wildman–Crippen LogP) is 3.50. The van der Waals surface area contributed by atoms with Crippen molar-refractivity contribution in [2.45, 2.75) is 39.2 Å². The maximum Gasteiger partial charge on any atom is 0.191 e. The van der Waals surface area contributed by atoms with E-state index >= 15 is 0 Å². The van der Waals surface area contributed by atoms with Gasteiger partial charge in [-0.3, -0.25) is 0 Å². The van der Waals surface area contributed by atoms with Gasteiger partial charge in [-0.2, -0.15) is 11.8 Å². The van der Waals surface area contributed by atoms with Crippen LogP contribution in [0.5, 0.6) is 0 Å². The van der Waals surface area contributed by atoms with Gasteiger partial charge >= 0.3 is 0 Å². The Bertz CT molecular complexity index is 609. The number of rotatable bonds is 9. The van der Waals surface area contributed by atoms with Crippen molar-refractivity contribution in [3.8, 4) is 0 Å². The Labute approximate surface area is 174 Å². The Morgan fingerprint density at radius 2 is 1.93 bits per heavy atom. The van der Waals surface area contributed by atoms with Crippen LogP contribution in [0.25, 0.3) is 0 Å². The Morgan fingerprint density at radius 3 is 2.54 bits per heavy atom. The van der Waals surface area contributed by atoms with Crippen LogP contribution < -0.4 is 15.5 Å². The summed E-state index contributed by atoms with van der Waals surface area (Å²) in [5, 5.41) is 6.97. The number of hydrogen-bond acceptors (Lipinski definition) is 4.